The first-order valence-corrected chi connectivity index (χ1v) is 10.8. The summed E-state index contributed by atoms with van der Waals surface area (Å²) in [4.78, 5) is 24.6. The molecule has 0 bridgehead atoms. The Balaban J connectivity index is 1.98. The number of carbonyl (C=O) groups is 2. The second-order valence-corrected chi connectivity index (χ2v) is 9.35. The Labute approximate surface area is 179 Å². The highest BCUT2D eigenvalue weighted by Gasteiger charge is 2.34. The number of benzene rings is 1. The van der Waals surface area contributed by atoms with Crippen molar-refractivity contribution < 1.29 is 23.8 Å². The molecule has 29 heavy (non-hydrogen) atoms. The minimum atomic E-state index is -0.577. The van der Waals surface area contributed by atoms with Gasteiger partial charge in [-0.3, -0.25) is 9.59 Å². The van der Waals surface area contributed by atoms with Gasteiger partial charge in [-0.2, -0.15) is 0 Å². The standard InChI is InChI=1S/C23H33ClO5/c1-15(14-20(25)29-23(3,4)5)22(26)27-16(2)21(17-8-6-7-9-17)28-19-12-10-18(24)11-13-19/h10-13,15-17,21H,6-9,14H2,1-5H3/t15-,16+,21+/m1/s1. The van der Waals surface area contributed by atoms with Crippen molar-refractivity contribution >= 4 is 23.5 Å². The zero-order valence-electron chi connectivity index (χ0n) is 18.1. The molecule has 2 rings (SSSR count). The van der Waals surface area contributed by atoms with E-state index in [1.165, 1.54) is 0 Å². The van der Waals surface area contributed by atoms with E-state index in [2.05, 4.69) is 0 Å². The highest BCUT2D eigenvalue weighted by atomic mass is 35.5. The third kappa shape index (κ3) is 7.88. The Morgan fingerprint density at radius 1 is 1.10 bits per heavy atom. The largest absolute Gasteiger partial charge is 0.486 e. The normalized spacial score (nSPS) is 18.0. The van der Waals surface area contributed by atoms with Gasteiger partial charge in [-0.25, -0.2) is 0 Å². The summed E-state index contributed by atoms with van der Waals surface area (Å²) in [7, 11) is 0. The Morgan fingerprint density at radius 3 is 2.24 bits per heavy atom. The van der Waals surface area contributed by atoms with Crippen LogP contribution in [0.25, 0.3) is 0 Å². The molecule has 162 valence electrons. The Bertz CT molecular complexity index is 674. The monoisotopic (exact) mass is 424 g/mol. The molecule has 0 N–H and O–H groups in total. The molecule has 6 heteroatoms. The smallest absolute Gasteiger partial charge is 0.309 e. The minimum absolute atomic E-state index is 0.00500. The van der Waals surface area contributed by atoms with E-state index in [-0.39, 0.29) is 12.5 Å². The molecule has 1 aliphatic carbocycles. The zero-order chi connectivity index (χ0) is 21.6. The number of rotatable bonds is 8. The van der Waals surface area contributed by atoms with Crippen LogP contribution < -0.4 is 4.74 Å². The lowest BCUT2D eigenvalue weighted by Gasteiger charge is -2.30. The number of halogens is 1. The molecule has 0 spiro atoms. The summed E-state index contributed by atoms with van der Waals surface area (Å²) in [6.45, 7) is 8.95. The maximum Gasteiger partial charge on any atom is 0.309 e. The molecular weight excluding hydrogens is 392 g/mol. The first kappa shape index (κ1) is 23.5. The van der Waals surface area contributed by atoms with E-state index in [0.29, 0.717) is 16.7 Å². The summed E-state index contributed by atoms with van der Waals surface area (Å²) >= 11 is 5.96. The predicted molar refractivity (Wildman–Crippen MR) is 113 cm³/mol. The van der Waals surface area contributed by atoms with Gasteiger partial charge >= 0.3 is 11.9 Å². The molecule has 0 unspecified atom stereocenters. The zero-order valence-corrected chi connectivity index (χ0v) is 18.8. The summed E-state index contributed by atoms with van der Waals surface area (Å²) in [5.41, 5.74) is -0.575. The van der Waals surface area contributed by atoms with E-state index in [9.17, 15) is 9.59 Å². The van der Waals surface area contributed by atoms with Crippen molar-refractivity contribution in [1.82, 2.24) is 0 Å². The molecule has 5 nitrogen and oxygen atoms in total. The van der Waals surface area contributed by atoms with Gasteiger partial charge in [0.05, 0.1) is 12.3 Å². The topological polar surface area (TPSA) is 61.8 Å². The molecule has 0 amide bonds. The highest BCUT2D eigenvalue weighted by molar-refractivity contribution is 6.30. The summed E-state index contributed by atoms with van der Waals surface area (Å²) in [6, 6.07) is 7.21. The van der Waals surface area contributed by atoms with Crippen LogP contribution in [0.5, 0.6) is 5.75 Å². The van der Waals surface area contributed by atoms with Gasteiger partial charge in [0.25, 0.3) is 0 Å². The fourth-order valence-corrected chi connectivity index (χ4v) is 3.74. The molecule has 1 saturated carbocycles. The van der Waals surface area contributed by atoms with Crippen molar-refractivity contribution in [2.75, 3.05) is 0 Å². The van der Waals surface area contributed by atoms with Gasteiger partial charge in [-0.1, -0.05) is 31.4 Å². The average Bonchev–Trinajstić information content (AvgIpc) is 3.13. The third-order valence-electron chi connectivity index (χ3n) is 5.01. The lowest BCUT2D eigenvalue weighted by molar-refractivity contribution is -0.166. The minimum Gasteiger partial charge on any atom is -0.486 e. The molecule has 1 aromatic rings. The summed E-state index contributed by atoms with van der Waals surface area (Å²) in [5.74, 6) is -0.358. The van der Waals surface area contributed by atoms with Crippen LogP contribution in [0.15, 0.2) is 24.3 Å². The molecule has 3 atom stereocenters. The predicted octanol–water partition coefficient (Wildman–Crippen LogP) is 5.58. The van der Waals surface area contributed by atoms with Gasteiger partial charge in [0.1, 0.15) is 23.6 Å². The quantitative estimate of drug-likeness (QED) is 0.510. The molecule has 1 aromatic carbocycles. The Kier molecular flexibility index (Phi) is 8.38. The molecule has 0 aromatic heterocycles. The average molecular weight is 425 g/mol. The van der Waals surface area contributed by atoms with Crippen LogP contribution in [0.3, 0.4) is 0 Å². The van der Waals surface area contributed by atoms with E-state index in [1.54, 1.807) is 39.8 Å². The van der Waals surface area contributed by atoms with Crippen molar-refractivity contribution in [2.45, 2.75) is 84.5 Å². The van der Waals surface area contributed by atoms with Crippen molar-refractivity contribution in [3.05, 3.63) is 29.3 Å². The van der Waals surface area contributed by atoms with Crippen LogP contribution in [-0.4, -0.2) is 29.7 Å². The van der Waals surface area contributed by atoms with Crippen molar-refractivity contribution in [2.24, 2.45) is 11.8 Å². The number of esters is 2. The number of hydrogen-bond acceptors (Lipinski definition) is 5. The van der Waals surface area contributed by atoms with Gasteiger partial charge in [0.2, 0.25) is 0 Å². The van der Waals surface area contributed by atoms with Crippen LogP contribution in [-0.2, 0) is 19.1 Å². The molecule has 1 aliphatic rings. The maximum atomic E-state index is 12.6. The van der Waals surface area contributed by atoms with Crippen molar-refractivity contribution in [1.29, 1.82) is 0 Å². The van der Waals surface area contributed by atoms with Crippen LogP contribution in [0.1, 0.15) is 66.7 Å². The Morgan fingerprint density at radius 2 is 1.69 bits per heavy atom. The van der Waals surface area contributed by atoms with E-state index < -0.39 is 29.6 Å². The van der Waals surface area contributed by atoms with E-state index >= 15 is 0 Å². The lowest BCUT2D eigenvalue weighted by atomic mass is 9.96. The fraction of sp³-hybridized carbons (Fsp3) is 0.652. The first-order valence-electron chi connectivity index (χ1n) is 10.4. The SMILES string of the molecule is C[C@H](CC(=O)OC(C)(C)C)C(=O)O[C@@H](C)[C@H](Oc1ccc(Cl)cc1)C1CCCC1. The van der Waals surface area contributed by atoms with Crippen LogP contribution >= 0.6 is 11.6 Å². The second-order valence-electron chi connectivity index (χ2n) is 8.91. The summed E-state index contributed by atoms with van der Waals surface area (Å²) in [5, 5.41) is 0.644. The van der Waals surface area contributed by atoms with Crippen LogP contribution in [0.2, 0.25) is 5.02 Å². The maximum absolute atomic E-state index is 12.6. The molecule has 0 radical (unpaired) electrons. The van der Waals surface area contributed by atoms with Crippen molar-refractivity contribution in [3.8, 4) is 5.75 Å². The lowest BCUT2D eigenvalue weighted by Crippen LogP contribution is -2.40. The van der Waals surface area contributed by atoms with Gasteiger partial charge in [-0.15, -0.1) is 0 Å². The van der Waals surface area contributed by atoms with Gasteiger partial charge in [0, 0.05) is 5.02 Å². The second kappa shape index (κ2) is 10.3. The van der Waals surface area contributed by atoms with Gasteiger partial charge in [0.15, 0.2) is 0 Å². The highest BCUT2D eigenvalue weighted by Crippen LogP contribution is 2.33. The third-order valence-corrected chi connectivity index (χ3v) is 5.26. The number of hydrogen-bond donors (Lipinski definition) is 0. The first-order chi connectivity index (χ1) is 13.5. The number of ether oxygens (including phenoxy) is 3. The van der Waals surface area contributed by atoms with Gasteiger partial charge < -0.3 is 14.2 Å². The molecule has 0 heterocycles. The molecule has 0 saturated heterocycles. The van der Waals surface area contributed by atoms with E-state index in [4.69, 9.17) is 25.8 Å². The number of carbonyl (C=O) groups excluding carboxylic acids is 2. The Hall–Kier alpha value is -1.75. The molecule has 1 fully saturated rings. The van der Waals surface area contributed by atoms with E-state index in [0.717, 1.165) is 25.7 Å². The van der Waals surface area contributed by atoms with Crippen LogP contribution in [0, 0.1) is 11.8 Å². The molecular formula is C23H33ClO5. The van der Waals surface area contributed by atoms with Gasteiger partial charge in [-0.05, 0) is 70.7 Å². The van der Waals surface area contributed by atoms with Crippen molar-refractivity contribution in [3.63, 3.8) is 0 Å². The van der Waals surface area contributed by atoms with Crippen LogP contribution in [0.4, 0.5) is 0 Å². The molecule has 0 aliphatic heterocycles. The fourth-order valence-electron chi connectivity index (χ4n) is 3.61. The summed E-state index contributed by atoms with van der Waals surface area (Å²) < 4.78 is 17.2. The summed E-state index contributed by atoms with van der Waals surface area (Å²) in [6.07, 6.45) is 3.73. The van der Waals surface area contributed by atoms with E-state index in [1.807, 2.05) is 19.1 Å².